The molecule has 0 fully saturated rings. The summed E-state index contributed by atoms with van der Waals surface area (Å²) in [6, 6.07) is 12.3. The first kappa shape index (κ1) is 18.1. The second kappa shape index (κ2) is 8.53. The van der Waals surface area contributed by atoms with Gasteiger partial charge in [0.05, 0.1) is 0 Å². The van der Waals surface area contributed by atoms with Gasteiger partial charge in [0.25, 0.3) is 5.91 Å². The Bertz CT molecular complexity index is 730. The molecule has 7 heteroatoms. The number of anilines is 1. The van der Waals surface area contributed by atoms with Gasteiger partial charge >= 0.3 is 5.97 Å². The fourth-order valence-corrected chi connectivity index (χ4v) is 2.24. The van der Waals surface area contributed by atoms with Crippen LogP contribution in [0.4, 0.5) is 5.69 Å². The van der Waals surface area contributed by atoms with E-state index in [9.17, 15) is 9.59 Å². The maximum absolute atomic E-state index is 12.0. The summed E-state index contributed by atoms with van der Waals surface area (Å²) < 4.78 is 11.6. The number of carboxylic acid groups (broad SMARTS) is 1. The van der Waals surface area contributed by atoms with Gasteiger partial charge < -0.3 is 19.9 Å². The number of carboxylic acids is 1. The smallest absolute Gasteiger partial charge is 0.341 e. The quantitative estimate of drug-likeness (QED) is 0.646. The molecule has 0 unspecified atom stereocenters. The van der Waals surface area contributed by atoms with Crippen molar-refractivity contribution in [3.05, 3.63) is 51.6 Å². The lowest BCUT2D eigenvalue weighted by Crippen LogP contribution is -2.20. The maximum Gasteiger partial charge on any atom is 0.341 e. The summed E-state index contributed by atoms with van der Waals surface area (Å²) >= 11 is 2.19. The molecule has 6 nitrogen and oxygen atoms in total. The average molecular weight is 441 g/mol. The largest absolute Gasteiger partial charge is 0.484 e. The maximum atomic E-state index is 12.0. The molecule has 126 valence electrons. The van der Waals surface area contributed by atoms with Gasteiger partial charge in [0, 0.05) is 9.26 Å². The molecular formula is C17H16INO5. The number of carbonyl (C=O) groups is 2. The van der Waals surface area contributed by atoms with Gasteiger partial charge in [0.15, 0.2) is 13.2 Å². The summed E-state index contributed by atoms with van der Waals surface area (Å²) in [7, 11) is 0. The summed E-state index contributed by atoms with van der Waals surface area (Å²) in [4.78, 5) is 22.4. The molecule has 0 aromatic heterocycles. The molecule has 2 aromatic carbocycles. The molecule has 0 aliphatic rings. The fraction of sp³-hybridized carbons (Fsp3) is 0.176. The monoisotopic (exact) mass is 441 g/mol. The van der Waals surface area contributed by atoms with E-state index < -0.39 is 12.6 Å². The van der Waals surface area contributed by atoms with Gasteiger partial charge in [0.2, 0.25) is 0 Å². The number of aryl methyl sites for hydroxylation is 1. The van der Waals surface area contributed by atoms with E-state index in [2.05, 4.69) is 27.9 Å². The standard InChI is InChI=1S/C17H16INO5/c1-11-8-14(24-10-17(21)22)6-7-15(11)19-16(20)9-23-13-4-2-12(18)3-5-13/h2-8H,9-10H2,1H3,(H,19,20)(H,21,22). The Kier molecular flexibility index (Phi) is 6.42. The van der Waals surface area contributed by atoms with E-state index in [-0.39, 0.29) is 12.5 Å². The van der Waals surface area contributed by atoms with Crippen LogP contribution < -0.4 is 14.8 Å². The topological polar surface area (TPSA) is 84.9 Å². The zero-order chi connectivity index (χ0) is 17.5. The third-order valence-electron chi connectivity index (χ3n) is 3.02. The molecule has 0 aliphatic heterocycles. The lowest BCUT2D eigenvalue weighted by molar-refractivity contribution is -0.139. The van der Waals surface area contributed by atoms with Gasteiger partial charge in [-0.05, 0) is 77.5 Å². The lowest BCUT2D eigenvalue weighted by Gasteiger charge is -2.11. The molecule has 0 bridgehead atoms. The first-order valence-electron chi connectivity index (χ1n) is 7.07. The Labute approximate surface area is 152 Å². The Morgan fingerprint density at radius 3 is 2.29 bits per heavy atom. The fourth-order valence-electron chi connectivity index (χ4n) is 1.88. The minimum absolute atomic E-state index is 0.0999. The second-order valence-electron chi connectivity index (χ2n) is 4.95. The number of ether oxygens (including phenoxy) is 2. The highest BCUT2D eigenvalue weighted by atomic mass is 127. The zero-order valence-corrected chi connectivity index (χ0v) is 15.1. The highest BCUT2D eigenvalue weighted by Crippen LogP contribution is 2.21. The number of carbonyl (C=O) groups excluding carboxylic acids is 1. The van der Waals surface area contributed by atoms with Gasteiger partial charge in [-0.25, -0.2) is 4.79 Å². The number of amides is 1. The van der Waals surface area contributed by atoms with Gasteiger partial charge in [-0.2, -0.15) is 0 Å². The van der Waals surface area contributed by atoms with Crippen LogP contribution in [0.3, 0.4) is 0 Å². The van der Waals surface area contributed by atoms with E-state index in [1.807, 2.05) is 12.1 Å². The van der Waals surface area contributed by atoms with Crippen LogP contribution in [0.2, 0.25) is 0 Å². The summed E-state index contributed by atoms with van der Waals surface area (Å²) in [5.41, 5.74) is 1.38. The van der Waals surface area contributed by atoms with Crippen LogP contribution >= 0.6 is 22.6 Å². The zero-order valence-electron chi connectivity index (χ0n) is 12.9. The lowest BCUT2D eigenvalue weighted by atomic mass is 10.2. The third-order valence-corrected chi connectivity index (χ3v) is 3.74. The van der Waals surface area contributed by atoms with Crippen LogP contribution in [0, 0.1) is 10.5 Å². The van der Waals surface area contributed by atoms with Crippen LogP contribution in [-0.2, 0) is 9.59 Å². The number of hydrogen-bond donors (Lipinski definition) is 2. The number of hydrogen-bond acceptors (Lipinski definition) is 4. The van der Waals surface area contributed by atoms with E-state index >= 15 is 0 Å². The number of benzene rings is 2. The van der Waals surface area contributed by atoms with Crippen molar-refractivity contribution < 1.29 is 24.2 Å². The van der Waals surface area contributed by atoms with Crippen LogP contribution in [0.1, 0.15) is 5.56 Å². The third kappa shape index (κ3) is 5.73. The molecule has 24 heavy (non-hydrogen) atoms. The molecule has 1 amide bonds. The minimum Gasteiger partial charge on any atom is -0.484 e. The van der Waals surface area contributed by atoms with E-state index in [1.165, 1.54) is 0 Å². The normalized spacial score (nSPS) is 10.1. The molecule has 0 heterocycles. The Hall–Kier alpha value is -2.29. The van der Waals surface area contributed by atoms with Crippen molar-refractivity contribution in [1.82, 2.24) is 0 Å². The van der Waals surface area contributed by atoms with Gasteiger partial charge in [-0.3, -0.25) is 4.79 Å². The molecule has 2 N–H and O–H groups in total. The average Bonchev–Trinajstić information content (AvgIpc) is 2.54. The first-order chi connectivity index (χ1) is 11.4. The van der Waals surface area contributed by atoms with Crippen LogP contribution in [0.25, 0.3) is 0 Å². The molecule has 0 radical (unpaired) electrons. The molecule has 2 rings (SSSR count). The molecule has 0 saturated carbocycles. The van der Waals surface area contributed by atoms with E-state index in [1.54, 1.807) is 37.3 Å². The predicted molar refractivity (Wildman–Crippen MR) is 97.6 cm³/mol. The Balaban J connectivity index is 1.89. The SMILES string of the molecule is Cc1cc(OCC(=O)O)ccc1NC(=O)COc1ccc(I)cc1. The second-order valence-corrected chi connectivity index (χ2v) is 6.20. The van der Waals surface area contributed by atoms with Crippen molar-refractivity contribution in [2.45, 2.75) is 6.92 Å². The van der Waals surface area contributed by atoms with E-state index in [0.717, 1.165) is 9.13 Å². The minimum atomic E-state index is -1.04. The number of aliphatic carboxylic acids is 1. The van der Waals surface area contributed by atoms with E-state index in [4.69, 9.17) is 14.6 Å². The predicted octanol–water partition coefficient (Wildman–Crippen LogP) is 3.08. The summed E-state index contributed by atoms with van der Waals surface area (Å²) in [5.74, 6) is -0.267. The van der Waals surface area contributed by atoms with Crippen molar-refractivity contribution in [2.75, 3.05) is 18.5 Å². The van der Waals surface area contributed by atoms with Gasteiger partial charge in [-0.1, -0.05) is 0 Å². The van der Waals surface area contributed by atoms with Gasteiger partial charge in [-0.15, -0.1) is 0 Å². The van der Waals surface area contributed by atoms with Crippen LogP contribution in [0.15, 0.2) is 42.5 Å². The highest BCUT2D eigenvalue weighted by Gasteiger charge is 2.08. The van der Waals surface area contributed by atoms with Crippen LogP contribution in [0.5, 0.6) is 11.5 Å². The van der Waals surface area contributed by atoms with E-state index in [0.29, 0.717) is 17.2 Å². The van der Waals surface area contributed by atoms with Crippen molar-refractivity contribution in [2.24, 2.45) is 0 Å². The summed E-state index contributed by atoms with van der Waals surface area (Å²) in [6.07, 6.45) is 0. The van der Waals surface area contributed by atoms with Crippen molar-refractivity contribution in [1.29, 1.82) is 0 Å². The highest BCUT2D eigenvalue weighted by molar-refractivity contribution is 14.1. The van der Waals surface area contributed by atoms with Crippen molar-refractivity contribution in [3.63, 3.8) is 0 Å². The Morgan fingerprint density at radius 1 is 1.04 bits per heavy atom. The number of halogens is 1. The van der Waals surface area contributed by atoms with Crippen LogP contribution in [-0.4, -0.2) is 30.2 Å². The molecule has 0 saturated heterocycles. The van der Waals surface area contributed by atoms with Crippen molar-refractivity contribution >= 4 is 40.2 Å². The molecule has 0 spiro atoms. The Morgan fingerprint density at radius 2 is 1.67 bits per heavy atom. The van der Waals surface area contributed by atoms with Gasteiger partial charge in [0.1, 0.15) is 11.5 Å². The molecule has 0 atom stereocenters. The number of nitrogens with one attached hydrogen (secondary N) is 1. The number of rotatable bonds is 7. The molecule has 2 aromatic rings. The first-order valence-corrected chi connectivity index (χ1v) is 8.15. The van der Waals surface area contributed by atoms with Crippen molar-refractivity contribution in [3.8, 4) is 11.5 Å². The summed E-state index contributed by atoms with van der Waals surface area (Å²) in [6.45, 7) is 1.29. The summed E-state index contributed by atoms with van der Waals surface area (Å²) in [5, 5.41) is 11.3. The molecule has 0 aliphatic carbocycles. The molecular weight excluding hydrogens is 425 g/mol.